The minimum absolute atomic E-state index is 0.202. The fourth-order valence-electron chi connectivity index (χ4n) is 3.26. The highest BCUT2D eigenvalue weighted by molar-refractivity contribution is 7.83. The van der Waals surface area contributed by atoms with Gasteiger partial charge in [0.25, 0.3) is 5.91 Å². The van der Waals surface area contributed by atoms with E-state index in [1.807, 2.05) is 31.2 Å². The molecule has 1 amide bonds. The van der Waals surface area contributed by atoms with Crippen molar-refractivity contribution in [2.24, 2.45) is 0 Å². The van der Waals surface area contributed by atoms with E-state index in [1.54, 1.807) is 12.1 Å². The van der Waals surface area contributed by atoms with Crippen LogP contribution in [0.1, 0.15) is 46.7 Å². The average molecular weight is 389 g/mol. The SMILES string of the molecule is Cc1ccc(C[S@](=O)Cc2ccc(C(=O)NCCCN3CCCC3)o2)cc1. The predicted octanol–water partition coefficient (Wildman–Crippen LogP) is 3.25. The molecule has 1 fully saturated rings. The first-order valence-corrected chi connectivity index (χ1v) is 11.1. The van der Waals surface area contributed by atoms with E-state index in [1.165, 1.54) is 31.5 Å². The molecule has 146 valence electrons. The second kappa shape index (κ2) is 9.85. The lowest BCUT2D eigenvalue weighted by molar-refractivity contribution is 0.0923. The number of aryl methyl sites for hydroxylation is 1. The molecule has 1 aromatic heterocycles. The van der Waals surface area contributed by atoms with Crippen LogP contribution in [0, 0.1) is 6.92 Å². The minimum Gasteiger partial charge on any atom is -0.455 e. The molecular formula is C21H28N2O3S. The molecule has 1 N–H and O–H groups in total. The second-order valence-electron chi connectivity index (χ2n) is 7.14. The van der Waals surface area contributed by atoms with Crippen LogP contribution in [0.5, 0.6) is 0 Å². The number of hydrogen-bond donors (Lipinski definition) is 1. The third kappa shape index (κ3) is 6.33. The molecule has 0 radical (unpaired) electrons. The molecule has 1 atom stereocenters. The van der Waals surface area contributed by atoms with Gasteiger partial charge in [-0.1, -0.05) is 29.8 Å². The molecule has 3 rings (SSSR count). The van der Waals surface area contributed by atoms with Gasteiger partial charge < -0.3 is 14.6 Å². The van der Waals surface area contributed by atoms with Crippen LogP contribution in [-0.4, -0.2) is 41.2 Å². The van der Waals surface area contributed by atoms with Crippen molar-refractivity contribution in [1.29, 1.82) is 0 Å². The number of carbonyl (C=O) groups excluding carboxylic acids is 1. The highest BCUT2D eigenvalue weighted by atomic mass is 32.2. The van der Waals surface area contributed by atoms with Gasteiger partial charge in [-0.25, -0.2) is 0 Å². The Labute approximate surface area is 163 Å². The molecule has 2 aromatic rings. The van der Waals surface area contributed by atoms with Gasteiger partial charge in [0.1, 0.15) is 5.76 Å². The fourth-order valence-corrected chi connectivity index (χ4v) is 4.39. The molecule has 1 aliphatic heterocycles. The summed E-state index contributed by atoms with van der Waals surface area (Å²) in [5, 5.41) is 2.90. The van der Waals surface area contributed by atoms with Crippen LogP contribution >= 0.6 is 0 Å². The Hall–Kier alpha value is -1.92. The summed E-state index contributed by atoms with van der Waals surface area (Å²) in [6.07, 6.45) is 3.51. The van der Waals surface area contributed by atoms with Crippen molar-refractivity contribution in [2.75, 3.05) is 26.2 Å². The van der Waals surface area contributed by atoms with E-state index in [2.05, 4.69) is 10.2 Å². The lowest BCUT2D eigenvalue weighted by Gasteiger charge is -2.13. The van der Waals surface area contributed by atoms with Gasteiger partial charge in [0.2, 0.25) is 0 Å². The minimum atomic E-state index is -1.07. The van der Waals surface area contributed by atoms with Gasteiger partial charge in [0, 0.05) is 23.1 Å². The van der Waals surface area contributed by atoms with Crippen molar-refractivity contribution in [3.63, 3.8) is 0 Å². The van der Waals surface area contributed by atoms with Gasteiger partial charge in [0.05, 0.1) is 5.75 Å². The number of hydrogen-bond acceptors (Lipinski definition) is 4. The van der Waals surface area contributed by atoms with E-state index in [0.29, 0.717) is 29.6 Å². The molecule has 6 heteroatoms. The number of rotatable bonds is 9. The topological polar surface area (TPSA) is 62.6 Å². The first-order chi connectivity index (χ1) is 13.1. The van der Waals surface area contributed by atoms with Crippen molar-refractivity contribution >= 4 is 16.7 Å². The fraction of sp³-hybridized carbons (Fsp3) is 0.476. The Morgan fingerprint density at radius 1 is 1.11 bits per heavy atom. The smallest absolute Gasteiger partial charge is 0.286 e. The molecule has 2 heterocycles. The van der Waals surface area contributed by atoms with E-state index in [0.717, 1.165) is 18.5 Å². The Morgan fingerprint density at radius 2 is 1.85 bits per heavy atom. The van der Waals surface area contributed by atoms with E-state index < -0.39 is 10.8 Å². The van der Waals surface area contributed by atoms with Gasteiger partial charge >= 0.3 is 0 Å². The van der Waals surface area contributed by atoms with E-state index >= 15 is 0 Å². The first-order valence-electron chi connectivity index (χ1n) is 9.60. The summed E-state index contributed by atoms with van der Waals surface area (Å²) in [6.45, 7) is 6.05. The predicted molar refractivity (Wildman–Crippen MR) is 108 cm³/mol. The van der Waals surface area contributed by atoms with Crippen LogP contribution in [-0.2, 0) is 22.3 Å². The van der Waals surface area contributed by atoms with Crippen molar-refractivity contribution in [1.82, 2.24) is 10.2 Å². The summed E-state index contributed by atoms with van der Waals surface area (Å²) in [5.41, 5.74) is 2.23. The highest BCUT2D eigenvalue weighted by Crippen LogP contribution is 2.13. The van der Waals surface area contributed by atoms with Crippen LogP contribution in [0.4, 0.5) is 0 Å². The number of nitrogens with one attached hydrogen (secondary N) is 1. The Balaban J connectivity index is 1.40. The molecule has 5 nitrogen and oxygen atoms in total. The Bertz CT molecular complexity index is 764. The van der Waals surface area contributed by atoms with Gasteiger partial charge in [-0.05, 0) is 63.5 Å². The maximum Gasteiger partial charge on any atom is 0.286 e. The van der Waals surface area contributed by atoms with Crippen LogP contribution in [0.15, 0.2) is 40.8 Å². The highest BCUT2D eigenvalue weighted by Gasteiger charge is 2.14. The largest absolute Gasteiger partial charge is 0.455 e. The van der Waals surface area contributed by atoms with Crippen molar-refractivity contribution in [3.05, 3.63) is 59.0 Å². The van der Waals surface area contributed by atoms with Gasteiger partial charge in [-0.15, -0.1) is 0 Å². The number of furan rings is 1. The maximum atomic E-state index is 12.3. The summed E-state index contributed by atoms with van der Waals surface area (Å²) < 4.78 is 17.9. The normalized spacial score (nSPS) is 15.7. The Morgan fingerprint density at radius 3 is 2.59 bits per heavy atom. The second-order valence-corrected chi connectivity index (χ2v) is 8.60. The molecule has 1 aliphatic rings. The summed E-state index contributed by atoms with van der Waals surface area (Å²) in [7, 11) is -1.07. The summed E-state index contributed by atoms with van der Waals surface area (Å²) in [4.78, 5) is 14.6. The maximum absolute atomic E-state index is 12.3. The van der Waals surface area contributed by atoms with Gasteiger partial charge in [-0.2, -0.15) is 0 Å². The quantitative estimate of drug-likeness (QED) is 0.670. The lowest BCUT2D eigenvalue weighted by atomic mass is 10.2. The van der Waals surface area contributed by atoms with Crippen LogP contribution < -0.4 is 5.32 Å². The van der Waals surface area contributed by atoms with Crippen molar-refractivity contribution < 1.29 is 13.4 Å². The molecule has 0 saturated carbocycles. The molecule has 0 spiro atoms. The first kappa shape index (κ1) is 19.8. The third-order valence-electron chi connectivity index (χ3n) is 4.77. The van der Waals surface area contributed by atoms with Crippen LogP contribution in [0.2, 0.25) is 0 Å². The van der Waals surface area contributed by atoms with Crippen molar-refractivity contribution in [2.45, 2.75) is 37.7 Å². The molecule has 0 aliphatic carbocycles. The molecule has 1 saturated heterocycles. The molecule has 1 aromatic carbocycles. The molecule has 0 unspecified atom stereocenters. The third-order valence-corrected chi connectivity index (χ3v) is 6.03. The zero-order valence-electron chi connectivity index (χ0n) is 15.9. The number of amides is 1. The summed E-state index contributed by atoms with van der Waals surface area (Å²) in [5.74, 6) is 1.47. The zero-order chi connectivity index (χ0) is 19.1. The standard InChI is InChI=1S/C21H28N2O3S/c1-17-5-7-18(8-6-17)15-27(25)16-19-9-10-20(26-19)21(24)22-11-4-14-23-12-2-3-13-23/h5-10H,2-4,11-16H2,1H3,(H,22,24)/t27-/m0/s1. The van der Waals surface area contributed by atoms with Crippen molar-refractivity contribution in [3.8, 4) is 0 Å². The van der Waals surface area contributed by atoms with Crippen LogP contribution in [0.3, 0.4) is 0 Å². The lowest BCUT2D eigenvalue weighted by Crippen LogP contribution is -2.28. The number of carbonyl (C=O) groups is 1. The van der Waals surface area contributed by atoms with Gasteiger partial charge in [0.15, 0.2) is 5.76 Å². The number of nitrogens with zero attached hydrogens (tertiary/aromatic N) is 1. The summed E-state index contributed by atoms with van der Waals surface area (Å²) in [6, 6.07) is 11.4. The molecular weight excluding hydrogens is 360 g/mol. The summed E-state index contributed by atoms with van der Waals surface area (Å²) >= 11 is 0. The average Bonchev–Trinajstić information content (AvgIpc) is 3.32. The number of benzene rings is 1. The zero-order valence-corrected chi connectivity index (χ0v) is 16.7. The van der Waals surface area contributed by atoms with Crippen LogP contribution in [0.25, 0.3) is 0 Å². The Kier molecular flexibility index (Phi) is 7.24. The van der Waals surface area contributed by atoms with Gasteiger partial charge in [-0.3, -0.25) is 9.00 Å². The molecule has 0 bridgehead atoms. The number of likely N-dealkylation sites (tertiary alicyclic amines) is 1. The molecule has 27 heavy (non-hydrogen) atoms. The van der Waals surface area contributed by atoms with E-state index in [4.69, 9.17) is 4.42 Å². The monoisotopic (exact) mass is 388 g/mol. The van der Waals surface area contributed by atoms with E-state index in [9.17, 15) is 9.00 Å². The van der Waals surface area contributed by atoms with E-state index in [-0.39, 0.29) is 5.91 Å².